The van der Waals surface area contributed by atoms with E-state index in [0.29, 0.717) is 0 Å². The van der Waals surface area contributed by atoms with Crippen LogP contribution in [0.4, 0.5) is 0 Å². The molecule has 152 valence electrons. The molecule has 1 aliphatic carbocycles. The first-order valence-corrected chi connectivity index (χ1v) is 12.0. The Bertz CT molecular complexity index is 343. The highest BCUT2D eigenvalue weighted by atomic mass is 15.2. The van der Waals surface area contributed by atoms with Gasteiger partial charge in [0.15, 0.2) is 0 Å². The largest absolute Gasteiger partial charge is 0.303 e. The van der Waals surface area contributed by atoms with Crippen molar-refractivity contribution in [3.63, 3.8) is 0 Å². The lowest BCUT2D eigenvalue weighted by Gasteiger charge is -2.40. The van der Waals surface area contributed by atoms with Gasteiger partial charge in [-0.2, -0.15) is 0 Å². The van der Waals surface area contributed by atoms with E-state index in [4.69, 9.17) is 0 Å². The molecule has 2 heteroatoms. The van der Waals surface area contributed by atoms with Crippen LogP contribution in [0.2, 0.25) is 0 Å². The molecular formula is C24H46N2. The maximum Gasteiger partial charge on any atom is 0.00385 e. The van der Waals surface area contributed by atoms with Gasteiger partial charge in [-0.05, 0) is 115 Å². The van der Waals surface area contributed by atoms with Gasteiger partial charge >= 0.3 is 0 Å². The molecule has 0 aromatic rings. The summed E-state index contributed by atoms with van der Waals surface area (Å²) < 4.78 is 0. The summed E-state index contributed by atoms with van der Waals surface area (Å²) in [5.74, 6) is 4.99. The van der Waals surface area contributed by atoms with Gasteiger partial charge in [-0.1, -0.05) is 26.7 Å². The predicted octanol–water partition coefficient (Wildman–Crippen LogP) is 5.67. The van der Waals surface area contributed by atoms with Crippen molar-refractivity contribution in [3.8, 4) is 0 Å². The molecule has 2 heterocycles. The average Bonchev–Trinajstić information content (AvgIpc) is 2.64. The van der Waals surface area contributed by atoms with Gasteiger partial charge in [-0.25, -0.2) is 0 Å². The molecule has 3 fully saturated rings. The summed E-state index contributed by atoms with van der Waals surface area (Å²) in [5, 5.41) is 0. The molecule has 0 radical (unpaired) electrons. The van der Waals surface area contributed by atoms with E-state index >= 15 is 0 Å². The fraction of sp³-hybridized carbons (Fsp3) is 1.00. The van der Waals surface area contributed by atoms with Gasteiger partial charge < -0.3 is 9.80 Å². The molecule has 0 aromatic carbocycles. The van der Waals surface area contributed by atoms with Crippen LogP contribution in [0.1, 0.15) is 85.5 Å². The Morgan fingerprint density at radius 3 is 1.73 bits per heavy atom. The highest BCUT2D eigenvalue weighted by molar-refractivity contribution is 4.82. The molecule has 2 nitrogen and oxygen atoms in total. The molecule has 0 atom stereocenters. The third-order valence-electron chi connectivity index (χ3n) is 8.10. The second kappa shape index (κ2) is 9.92. The smallest absolute Gasteiger partial charge is 0.00385 e. The SMILES string of the molecule is CC(C)C1CCC(CC2CCN(CC3CCN(C(C)C)CC3)CC2)CC1. The van der Waals surface area contributed by atoms with E-state index < -0.39 is 0 Å². The van der Waals surface area contributed by atoms with Crippen LogP contribution >= 0.6 is 0 Å². The number of piperidine rings is 2. The van der Waals surface area contributed by atoms with Crippen LogP contribution in [0.5, 0.6) is 0 Å². The number of rotatable bonds is 6. The van der Waals surface area contributed by atoms with E-state index in [1.54, 1.807) is 6.42 Å². The van der Waals surface area contributed by atoms with Gasteiger partial charge in [0, 0.05) is 12.6 Å². The molecule has 26 heavy (non-hydrogen) atoms. The Balaban J connectivity index is 1.30. The standard InChI is InChI=1S/C24H46N2/c1-19(2)24-7-5-21(6-8-24)17-22-9-13-25(14-10-22)18-23-11-15-26(16-12-23)20(3)4/h19-24H,5-18H2,1-4H3. The Morgan fingerprint density at radius 1 is 0.654 bits per heavy atom. The van der Waals surface area contributed by atoms with Gasteiger partial charge in [0.2, 0.25) is 0 Å². The van der Waals surface area contributed by atoms with E-state index in [2.05, 4.69) is 37.5 Å². The monoisotopic (exact) mass is 362 g/mol. The molecule has 0 unspecified atom stereocenters. The van der Waals surface area contributed by atoms with Gasteiger partial charge in [0.05, 0.1) is 0 Å². The van der Waals surface area contributed by atoms with Crippen molar-refractivity contribution in [1.82, 2.24) is 9.80 Å². The van der Waals surface area contributed by atoms with Crippen LogP contribution in [0.25, 0.3) is 0 Å². The zero-order valence-corrected chi connectivity index (χ0v) is 18.3. The highest BCUT2D eigenvalue weighted by Crippen LogP contribution is 2.38. The summed E-state index contributed by atoms with van der Waals surface area (Å²) in [6, 6.07) is 0.738. The summed E-state index contributed by atoms with van der Waals surface area (Å²) in [6.07, 6.45) is 13.4. The van der Waals surface area contributed by atoms with Crippen molar-refractivity contribution >= 4 is 0 Å². The highest BCUT2D eigenvalue weighted by Gasteiger charge is 2.28. The van der Waals surface area contributed by atoms with Crippen LogP contribution < -0.4 is 0 Å². The first kappa shape index (κ1) is 20.6. The fourth-order valence-electron chi connectivity index (χ4n) is 5.98. The number of nitrogens with zero attached hydrogens (tertiary/aromatic N) is 2. The zero-order chi connectivity index (χ0) is 18.5. The zero-order valence-electron chi connectivity index (χ0n) is 18.3. The van der Waals surface area contributed by atoms with E-state index in [9.17, 15) is 0 Å². The lowest BCUT2D eigenvalue weighted by Crippen LogP contribution is -2.43. The molecule has 0 amide bonds. The number of likely N-dealkylation sites (tertiary alicyclic amines) is 2. The molecular weight excluding hydrogens is 316 g/mol. The molecule has 2 saturated heterocycles. The molecule has 3 aliphatic rings. The van der Waals surface area contributed by atoms with E-state index in [-0.39, 0.29) is 0 Å². The second-order valence-corrected chi connectivity index (χ2v) is 10.6. The normalized spacial score (nSPS) is 31.2. The van der Waals surface area contributed by atoms with Crippen molar-refractivity contribution in [3.05, 3.63) is 0 Å². The number of hydrogen-bond acceptors (Lipinski definition) is 2. The number of hydrogen-bond donors (Lipinski definition) is 0. The average molecular weight is 363 g/mol. The Kier molecular flexibility index (Phi) is 7.88. The maximum absolute atomic E-state index is 2.81. The molecule has 0 spiro atoms. The molecule has 0 bridgehead atoms. The van der Waals surface area contributed by atoms with Crippen molar-refractivity contribution < 1.29 is 0 Å². The molecule has 1 saturated carbocycles. The summed E-state index contributed by atoms with van der Waals surface area (Å²) in [5.41, 5.74) is 0. The first-order chi connectivity index (χ1) is 12.5. The minimum atomic E-state index is 0.738. The molecule has 3 rings (SSSR count). The first-order valence-electron chi connectivity index (χ1n) is 12.0. The van der Waals surface area contributed by atoms with Crippen LogP contribution in [0, 0.1) is 29.6 Å². The van der Waals surface area contributed by atoms with Crippen LogP contribution in [0.3, 0.4) is 0 Å². The van der Waals surface area contributed by atoms with E-state index in [1.807, 2.05) is 0 Å². The van der Waals surface area contributed by atoms with Crippen LogP contribution in [0.15, 0.2) is 0 Å². The fourth-order valence-corrected chi connectivity index (χ4v) is 5.98. The molecule has 0 aromatic heterocycles. The van der Waals surface area contributed by atoms with E-state index in [0.717, 1.165) is 35.6 Å². The van der Waals surface area contributed by atoms with Gasteiger partial charge in [0.25, 0.3) is 0 Å². The maximum atomic E-state index is 2.81. The predicted molar refractivity (Wildman–Crippen MR) is 114 cm³/mol. The summed E-state index contributed by atoms with van der Waals surface area (Å²) in [6.45, 7) is 16.4. The summed E-state index contributed by atoms with van der Waals surface area (Å²) >= 11 is 0. The second-order valence-electron chi connectivity index (χ2n) is 10.6. The quantitative estimate of drug-likeness (QED) is 0.600. The van der Waals surface area contributed by atoms with Gasteiger partial charge in [-0.3, -0.25) is 0 Å². The van der Waals surface area contributed by atoms with Crippen molar-refractivity contribution in [2.24, 2.45) is 29.6 Å². The van der Waals surface area contributed by atoms with Gasteiger partial charge in [0.1, 0.15) is 0 Å². The summed E-state index contributed by atoms with van der Waals surface area (Å²) in [4.78, 5) is 5.47. The van der Waals surface area contributed by atoms with Crippen molar-refractivity contribution in [2.75, 3.05) is 32.7 Å². The van der Waals surface area contributed by atoms with E-state index in [1.165, 1.54) is 84.1 Å². The summed E-state index contributed by atoms with van der Waals surface area (Å²) in [7, 11) is 0. The lowest BCUT2D eigenvalue weighted by molar-refractivity contribution is 0.0963. The van der Waals surface area contributed by atoms with Crippen molar-refractivity contribution in [2.45, 2.75) is 91.5 Å². The third kappa shape index (κ3) is 5.96. The molecule has 2 aliphatic heterocycles. The van der Waals surface area contributed by atoms with Crippen LogP contribution in [-0.4, -0.2) is 48.6 Å². The Morgan fingerprint density at radius 2 is 1.19 bits per heavy atom. The minimum Gasteiger partial charge on any atom is -0.303 e. The minimum absolute atomic E-state index is 0.738. The Hall–Kier alpha value is -0.0800. The third-order valence-corrected chi connectivity index (χ3v) is 8.10. The van der Waals surface area contributed by atoms with Crippen LogP contribution in [-0.2, 0) is 0 Å². The van der Waals surface area contributed by atoms with Gasteiger partial charge in [-0.15, -0.1) is 0 Å². The topological polar surface area (TPSA) is 6.48 Å². The lowest BCUT2D eigenvalue weighted by atomic mass is 9.73. The molecule has 0 N–H and O–H groups in total. The Labute approximate surface area is 164 Å². The van der Waals surface area contributed by atoms with Crippen molar-refractivity contribution in [1.29, 1.82) is 0 Å².